The average molecular weight is 275 g/mol. The molecule has 4 heteroatoms. The second-order valence-electron chi connectivity index (χ2n) is 4.59. The first kappa shape index (κ1) is 13.8. The van der Waals surface area contributed by atoms with Crippen molar-refractivity contribution in [3.05, 3.63) is 71.8 Å². The summed E-state index contributed by atoms with van der Waals surface area (Å²) in [5, 5.41) is 4.66. The normalized spacial score (nSPS) is 13.4. The van der Waals surface area contributed by atoms with Crippen molar-refractivity contribution in [2.75, 3.05) is 0 Å². The molecular weight excluding hydrogens is 258 g/mol. The van der Waals surface area contributed by atoms with Crippen molar-refractivity contribution in [1.82, 2.24) is 0 Å². The highest BCUT2D eigenvalue weighted by Crippen LogP contribution is 2.30. The Balaban J connectivity index is 2.52. The fraction of sp³-hybridized carbons (Fsp3) is 0.200. The molecule has 0 aliphatic carbocycles. The largest absolute Gasteiger partial charge is 0.228 e. The number of rotatable bonds is 4. The van der Waals surface area contributed by atoms with E-state index in [9.17, 15) is 8.42 Å². The lowest BCUT2D eigenvalue weighted by Crippen LogP contribution is -2.32. The van der Waals surface area contributed by atoms with E-state index < -0.39 is 15.3 Å². The maximum absolute atomic E-state index is 11.7. The smallest absolute Gasteiger partial charge is 0.212 e. The Hall–Kier alpha value is -1.65. The van der Waals surface area contributed by atoms with Gasteiger partial charge in [-0.2, -0.15) is 0 Å². The van der Waals surface area contributed by atoms with Crippen LogP contribution in [0.5, 0.6) is 0 Å². The highest BCUT2D eigenvalue weighted by molar-refractivity contribution is 7.89. The molecule has 0 fully saturated rings. The highest BCUT2D eigenvalue weighted by atomic mass is 32.2. The summed E-state index contributed by atoms with van der Waals surface area (Å²) in [6, 6.07) is 19.2. The fourth-order valence-electron chi connectivity index (χ4n) is 2.24. The van der Waals surface area contributed by atoms with Crippen LogP contribution in [0.15, 0.2) is 60.7 Å². The quantitative estimate of drug-likeness (QED) is 0.932. The molecule has 2 aromatic rings. The molecule has 2 N–H and O–H groups in total. The van der Waals surface area contributed by atoms with E-state index in [4.69, 9.17) is 5.14 Å². The molecule has 0 saturated carbocycles. The van der Waals surface area contributed by atoms with Gasteiger partial charge in [-0.05, 0) is 18.1 Å². The number of hydrogen-bond acceptors (Lipinski definition) is 2. The van der Waals surface area contributed by atoms with Gasteiger partial charge < -0.3 is 0 Å². The third-order valence-electron chi connectivity index (χ3n) is 3.31. The summed E-state index contributed by atoms with van der Waals surface area (Å²) < 4.78 is 23.4. The van der Waals surface area contributed by atoms with Crippen molar-refractivity contribution >= 4 is 10.0 Å². The van der Waals surface area contributed by atoms with E-state index >= 15 is 0 Å². The predicted molar refractivity (Wildman–Crippen MR) is 77.3 cm³/mol. The van der Waals surface area contributed by atoms with Gasteiger partial charge in [0, 0.05) is 5.92 Å². The van der Waals surface area contributed by atoms with Gasteiger partial charge in [-0.15, -0.1) is 0 Å². The third kappa shape index (κ3) is 3.22. The number of hydrogen-bond donors (Lipinski definition) is 1. The second-order valence-corrected chi connectivity index (χ2v) is 6.51. The monoisotopic (exact) mass is 275 g/mol. The van der Waals surface area contributed by atoms with Gasteiger partial charge in [0.25, 0.3) is 0 Å². The van der Waals surface area contributed by atoms with Crippen molar-refractivity contribution in [3.8, 4) is 0 Å². The van der Waals surface area contributed by atoms with Crippen molar-refractivity contribution in [1.29, 1.82) is 0 Å². The van der Waals surface area contributed by atoms with Gasteiger partial charge in [-0.1, -0.05) is 60.7 Å². The van der Waals surface area contributed by atoms with Crippen molar-refractivity contribution < 1.29 is 8.42 Å². The van der Waals surface area contributed by atoms with Gasteiger partial charge >= 0.3 is 0 Å². The lowest BCUT2D eigenvalue weighted by atomic mass is 9.89. The molecule has 0 aliphatic heterocycles. The van der Waals surface area contributed by atoms with Gasteiger partial charge in [0.1, 0.15) is 0 Å². The Labute approximate surface area is 114 Å². The van der Waals surface area contributed by atoms with Crippen LogP contribution in [0.2, 0.25) is 0 Å². The minimum Gasteiger partial charge on any atom is -0.228 e. The van der Waals surface area contributed by atoms with Crippen LogP contribution < -0.4 is 5.14 Å². The fourth-order valence-corrected chi connectivity index (χ4v) is 2.94. The van der Waals surface area contributed by atoms with Crippen LogP contribution in [0.25, 0.3) is 0 Å². The molecule has 0 radical (unpaired) electrons. The first-order valence-electron chi connectivity index (χ1n) is 6.11. The van der Waals surface area contributed by atoms with E-state index in [0.717, 1.165) is 11.1 Å². The van der Waals surface area contributed by atoms with Gasteiger partial charge in [0.15, 0.2) is 0 Å². The maximum atomic E-state index is 11.7. The second kappa shape index (κ2) is 5.55. The molecule has 0 saturated heterocycles. The van der Waals surface area contributed by atoms with Crippen molar-refractivity contribution in [3.63, 3.8) is 0 Å². The van der Waals surface area contributed by atoms with Gasteiger partial charge in [-0.3, -0.25) is 0 Å². The van der Waals surface area contributed by atoms with E-state index in [-0.39, 0.29) is 5.92 Å². The Bertz CT molecular complexity index is 584. The summed E-state index contributed by atoms with van der Waals surface area (Å²) in [5.74, 6) is -0.252. The molecule has 1 atom stereocenters. The van der Waals surface area contributed by atoms with Crippen LogP contribution in [-0.4, -0.2) is 13.7 Å². The van der Waals surface area contributed by atoms with Crippen LogP contribution >= 0.6 is 0 Å². The topological polar surface area (TPSA) is 60.2 Å². The van der Waals surface area contributed by atoms with E-state index in [2.05, 4.69) is 0 Å². The molecule has 1 unspecified atom stereocenters. The Morgan fingerprint density at radius 3 is 1.53 bits per heavy atom. The Morgan fingerprint density at radius 1 is 0.842 bits per heavy atom. The summed E-state index contributed by atoms with van der Waals surface area (Å²) in [4.78, 5) is 0. The zero-order chi connectivity index (χ0) is 13.9. The number of benzene rings is 2. The lowest BCUT2D eigenvalue weighted by Gasteiger charge is -2.23. The van der Waals surface area contributed by atoms with Gasteiger partial charge in [0.2, 0.25) is 10.0 Å². The number of nitrogens with two attached hydrogens (primary N) is 1. The summed E-state index contributed by atoms with van der Waals surface area (Å²) in [6.07, 6.45) is 0. The molecule has 2 rings (SSSR count). The van der Waals surface area contributed by atoms with Crippen LogP contribution in [-0.2, 0) is 10.0 Å². The van der Waals surface area contributed by atoms with E-state index in [1.165, 1.54) is 0 Å². The molecule has 3 nitrogen and oxygen atoms in total. The molecule has 19 heavy (non-hydrogen) atoms. The SMILES string of the molecule is CC(C(c1ccccc1)c1ccccc1)S(N)(=O)=O. The van der Waals surface area contributed by atoms with E-state index in [1.54, 1.807) is 6.92 Å². The molecule has 0 aromatic heterocycles. The summed E-state index contributed by atoms with van der Waals surface area (Å²) in [7, 11) is -3.60. The average Bonchev–Trinajstić information content (AvgIpc) is 2.40. The zero-order valence-corrected chi connectivity index (χ0v) is 11.5. The van der Waals surface area contributed by atoms with Crippen LogP contribution in [0.3, 0.4) is 0 Å². The van der Waals surface area contributed by atoms with Crippen LogP contribution in [0.1, 0.15) is 24.0 Å². The Morgan fingerprint density at radius 2 is 1.21 bits per heavy atom. The third-order valence-corrected chi connectivity index (χ3v) is 4.61. The predicted octanol–water partition coefficient (Wildman–Crippen LogP) is 2.50. The number of primary sulfonamides is 1. The highest BCUT2D eigenvalue weighted by Gasteiger charge is 2.29. The standard InChI is InChI=1S/C15H17NO2S/c1-12(19(16,17)18)15(13-8-4-2-5-9-13)14-10-6-3-7-11-14/h2-12,15H,1H3,(H2,16,17,18). The maximum Gasteiger partial charge on any atom is 0.212 e. The van der Waals surface area contributed by atoms with Gasteiger partial charge in [-0.25, -0.2) is 13.6 Å². The summed E-state index contributed by atoms with van der Waals surface area (Å²) >= 11 is 0. The number of sulfonamides is 1. The van der Waals surface area contributed by atoms with Crippen LogP contribution in [0, 0.1) is 0 Å². The summed E-state index contributed by atoms with van der Waals surface area (Å²) in [6.45, 7) is 1.65. The molecule has 0 aliphatic rings. The molecule has 0 bridgehead atoms. The molecule has 0 spiro atoms. The molecule has 2 aromatic carbocycles. The van der Waals surface area contributed by atoms with E-state index in [1.807, 2.05) is 60.7 Å². The zero-order valence-electron chi connectivity index (χ0n) is 10.7. The van der Waals surface area contributed by atoms with Crippen LogP contribution in [0.4, 0.5) is 0 Å². The molecule has 100 valence electrons. The molecule has 0 amide bonds. The Kier molecular flexibility index (Phi) is 4.02. The minimum absolute atomic E-state index is 0.252. The summed E-state index contributed by atoms with van der Waals surface area (Å²) in [5.41, 5.74) is 1.91. The molecule has 0 heterocycles. The van der Waals surface area contributed by atoms with Crippen molar-refractivity contribution in [2.45, 2.75) is 18.1 Å². The first-order chi connectivity index (χ1) is 9.00. The lowest BCUT2D eigenvalue weighted by molar-refractivity contribution is 0.576. The van der Waals surface area contributed by atoms with Gasteiger partial charge in [0.05, 0.1) is 5.25 Å². The van der Waals surface area contributed by atoms with E-state index in [0.29, 0.717) is 0 Å². The minimum atomic E-state index is -3.60. The van der Waals surface area contributed by atoms with Crippen molar-refractivity contribution in [2.24, 2.45) is 5.14 Å². The molecular formula is C15H17NO2S. The first-order valence-corrected chi connectivity index (χ1v) is 7.72.